The third-order valence-electron chi connectivity index (χ3n) is 3.67. The number of rotatable bonds is 6. The Balaban J connectivity index is 2.02. The largest absolute Gasteiger partial charge is 0.378 e. The van der Waals surface area contributed by atoms with Gasteiger partial charge in [-0.25, -0.2) is 0 Å². The van der Waals surface area contributed by atoms with Gasteiger partial charge in [0.25, 0.3) is 0 Å². The average molecular weight is 278 g/mol. The molecule has 0 saturated heterocycles. The molecule has 2 nitrogen and oxygen atoms in total. The first-order valence-electron chi connectivity index (χ1n) is 7.58. The van der Waals surface area contributed by atoms with E-state index in [0.29, 0.717) is 5.56 Å². The van der Waals surface area contributed by atoms with E-state index >= 15 is 0 Å². The number of nitriles is 1. The van der Waals surface area contributed by atoms with Crippen LogP contribution in [0.2, 0.25) is 0 Å². The zero-order valence-electron chi connectivity index (χ0n) is 12.8. The molecule has 0 heterocycles. The zero-order chi connectivity index (χ0) is 15.1. The summed E-state index contributed by atoms with van der Waals surface area (Å²) in [5.74, 6) is 0. The summed E-state index contributed by atoms with van der Waals surface area (Å²) in [6.07, 6.45) is 3.63. The molecule has 2 heteroatoms. The summed E-state index contributed by atoms with van der Waals surface area (Å²) in [6.45, 7) is 4.36. The Morgan fingerprint density at radius 2 is 1.90 bits per heavy atom. The third kappa shape index (κ3) is 4.36. The van der Waals surface area contributed by atoms with Gasteiger partial charge in [0.2, 0.25) is 0 Å². The molecule has 0 aliphatic heterocycles. The summed E-state index contributed by atoms with van der Waals surface area (Å²) < 4.78 is 0. The van der Waals surface area contributed by atoms with Crippen LogP contribution < -0.4 is 5.32 Å². The highest BCUT2D eigenvalue weighted by atomic mass is 14.9. The summed E-state index contributed by atoms with van der Waals surface area (Å²) >= 11 is 0. The minimum Gasteiger partial charge on any atom is -0.378 e. The highest BCUT2D eigenvalue weighted by molar-refractivity contribution is 5.50. The van der Waals surface area contributed by atoms with E-state index in [2.05, 4.69) is 49.5 Å². The van der Waals surface area contributed by atoms with Crippen molar-refractivity contribution >= 4 is 5.69 Å². The average Bonchev–Trinajstić information content (AvgIpc) is 2.53. The fourth-order valence-electron chi connectivity index (χ4n) is 2.37. The third-order valence-corrected chi connectivity index (χ3v) is 3.67. The molecule has 0 aliphatic rings. The van der Waals surface area contributed by atoms with Gasteiger partial charge in [0.05, 0.1) is 11.6 Å². The molecular formula is C19H22N2. The second kappa shape index (κ2) is 7.50. The maximum Gasteiger partial charge on any atom is 0.0992 e. The predicted octanol–water partition coefficient (Wildman–Crippen LogP) is 5.07. The summed E-state index contributed by atoms with van der Waals surface area (Å²) in [6, 6.07) is 18.8. The number of anilines is 1. The fraction of sp³-hybridized carbons (Fsp3) is 0.316. The number of hydrogen-bond donors (Lipinski definition) is 1. The standard InChI is InChI=1S/C19H22N2/c1-3-4-6-16-9-11-18(12-10-16)15(2)21-19-8-5-7-17(13-19)14-20/h5,7-13,15,21H,3-4,6H2,1-2H3. The molecule has 1 atom stereocenters. The van der Waals surface area contributed by atoms with Gasteiger partial charge >= 0.3 is 0 Å². The van der Waals surface area contributed by atoms with E-state index in [1.165, 1.54) is 24.0 Å². The number of hydrogen-bond acceptors (Lipinski definition) is 2. The van der Waals surface area contributed by atoms with E-state index in [0.717, 1.165) is 12.1 Å². The monoisotopic (exact) mass is 278 g/mol. The fourth-order valence-corrected chi connectivity index (χ4v) is 2.37. The lowest BCUT2D eigenvalue weighted by atomic mass is 10.0. The molecule has 1 N–H and O–H groups in total. The maximum absolute atomic E-state index is 8.94. The number of nitrogens with one attached hydrogen (secondary N) is 1. The summed E-state index contributed by atoms with van der Waals surface area (Å²) in [4.78, 5) is 0. The van der Waals surface area contributed by atoms with E-state index in [4.69, 9.17) is 5.26 Å². The van der Waals surface area contributed by atoms with Crippen LogP contribution in [0, 0.1) is 11.3 Å². The Hall–Kier alpha value is -2.27. The zero-order valence-corrected chi connectivity index (χ0v) is 12.8. The molecule has 0 bridgehead atoms. The summed E-state index contributed by atoms with van der Waals surface area (Å²) in [7, 11) is 0. The first-order valence-corrected chi connectivity index (χ1v) is 7.58. The van der Waals surface area contributed by atoms with Gasteiger partial charge in [-0.1, -0.05) is 43.7 Å². The van der Waals surface area contributed by atoms with E-state index in [1.54, 1.807) is 0 Å². The van der Waals surface area contributed by atoms with Gasteiger partial charge in [0.15, 0.2) is 0 Å². The van der Waals surface area contributed by atoms with Crippen molar-refractivity contribution in [2.45, 2.75) is 39.2 Å². The Bertz CT molecular complexity index is 608. The van der Waals surface area contributed by atoms with Gasteiger partial charge in [-0.3, -0.25) is 0 Å². The van der Waals surface area contributed by atoms with Crippen molar-refractivity contribution in [1.82, 2.24) is 0 Å². The van der Waals surface area contributed by atoms with E-state index in [1.807, 2.05) is 24.3 Å². The first-order chi connectivity index (χ1) is 10.2. The molecule has 1 unspecified atom stereocenters. The van der Waals surface area contributed by atoms with Crippen LogP contribution >= 0.6 is 0 Å². The van der Waals surface area contributed by atoms with E-state index in [-0.39, 0.29) is 6.04 Å². The molecule has 21 heavy (non-hydrogen) atoms. The predicted molar refractivity (Wildman–Crippen MR) is 88.2 cm³/mol. The first kappa shape index (κ1) is 15.1. The lowest BCUT2D eigenvalue weighted by molar-refractivity contribution is 0.793. The van der Waals surface area contributed by atoms with Crippen molar-refractivity contribution < 1.29 is 0 Å². The van der Waals surface area contributed by atoms with Crippen LogP contribution in [-0.2, 0) is 6.42 Å². The normalized spacial score (nSPS) is 11.7. The quantitative estimate of drug-likeness (QED) is 0.800. The molecule has 2 aromatic carbocycles. The molecule has 0 aromatic heterocycles. The van der Waals surface area contributed by atoms with Crippen LogP contribution in [0.15, 0.2) is 48.5 Å². The minimum atomic E-state index is 0.221. The Kier molecular flexibility index (Phi) is 5.40. The maximum atomic E-state index is 8.94. The minimum absolute atomic E-state index is 0.221. The topological polar surface area (TPSA) is 35.8 Å². The van der Waals surface area contributed by atoms with Crippen LogP contribution in [0.5, 0.6) is 0 Å². The van der Waals surface area contributed by atoms with Gasteiger partial charge in [0.1, 0.15) is 0 Å². The van der Waals surface area contributed by atoms with Crippen molar-refractivity contribution in [2.24, 2.45) is 0 Å². The van der Waals surface area contributed by atoms with Gasteiger partial charge in [-0.2, -0.15) is 5.26 Å². The van der Waals surface area contributed by atoms with E-state index < -0.39 is 0 Å². The molecule has 2 aromatic rings. The summed E-state index contributed by atoms with van der Waals surface area (Å²) in [5, 5.41) is 12.4. The van der Waals surface area contributed by atoms with Crippen molar-refractivity contribution in [3.05, 3.63) is 65.2 Å². The second-order valence-electron chi connectivity index (χ2n) is 5.40. The van der Waals surface area contributed by atoms with Crippen LogP contribution in [0.25, 0.3) is 0 Å². The Labute approximate surface area is 127 Å². The molecule has 0 fully saturated rings. The lowest BCUT2D eigenvalue weighted by Crippen LogP contribution is -2.06. The second-order valence-corrected chi connectivity index (χ2v) is 5.40. The number of nitrogens with zero attached hydrogens (tertiary/aromatic N) is 1. The van der Waals surface area contributed by atoms with E-state index in [9.17, 15) is 0 Å². The SMILES string of the molecule is CCCCc1ccc(C(C)Nc2cccc(C#N)c2)cc1. The Morgan fingerprint density at radius 3 is 2.57 bits per heavy atom. The van der Waals surface area contributed by atoms with Crippen molar-refractivity contribution in [2.75, 3.05) is 5.32 Å². The number of benzene rings is 2. The number of aryl methyl sites for hydroxylation is 1. The van der Waals surface area contributed by atoms with Crippen LogP contribution in [-0.4, -0.2) is 0 Å². The van der Waals surface area contributed by atoms with Crippen LogP contribution in [0.4, 0.5) is 5.69 Å². The van der Waals surface area contributed by atoms with Crippen LogP contribution in [0.3, 0.4) is 0 Å². The molecule has 108 valence electrons. The van der Waals surface area contributed by atoms with Gasteiger partial charge in [-0.15, -0.1) is 0 Å². The number of unbranched alkanes of at least 4 members (excludes halogenated alkanes) is 1. The lowest BCUT2D eigenvalue weighted by Gasteiger charge is -2.16. The van der Waals surface area contributed by atoms with Gasteiger partial charge in [0, 0.05) is 11.7 Å². The van der Waals surface area contributed by atoms with Crippen molar-refractivity contribution in [1.29, 1.82) is 5.26 Å². The van der Waals surface area contributed by atoms with Crippen molar-refractivity contribution in [3.8, 4) is 6.07 Å². The molecular weight excluding hydrogens is 256 g/mol. The Morgan fingerprint density at radius 1 is 1.14 bits per heavy atom. The highest BCUT2D eigenvalue weighted by Crippen LogP contribution is 2.20. The molecule has 0 aliphatic carbocycles. The molecule has 0 radical (unpaired) electrons. The molecule has 0 spiro atoms. The summed E-state index contributed by atoms with van der Waals surface area (Å²) in [5.41, 5.74) is 4.33. The molecule has 0 amide bonds. The van der Waals surface area contributed by atoms with Crippen molar-refractivity contribution in [3.63, 3.8) is 0 Å². The molecule has 2 rings (SSSR count). The van der Waals surface area contributed by atoms with Crippen LogP contribution in [0.1, 0.15) is 49.4 Å². The molecule has 0 saturated carbocycles. The van der Waals surface area contributed by atoms with Gasteiger partial charge < -0.3 is 5.32 Å². The highest BCUT2D eigenvalue weighted by Gasteiger charge is 2.05. The smallest absolute Gasteiger partial charge is 0.0992 e. The van der Waals surface area contributed by atoms with Gasteiger partial charge in [-0.05, 0) is 49.1 Å².